The lowest BCUT2D eigenvalue weighted by Crippen LogP contribution is -2.36. The van der Waals surface area contributed by atoms with Crippen LogP contribution in [-0.2, 0) is 16.0 Å². The van der Waals surface area contributed by atoms with Crippen LogP contribution in [0.2, 0.25) is 0 Å². The summed E-state index contributed by atoms with van der Waals surface area (Å²) in [6.07, 6.45) is 2.60. The Morgan fingerprint density at radius 2 is 1.57 bits per heavy atom. The molecule has 0 spiro atoms. The minimum Gasteiger partial charge on any atom is -0.492 e. The molecule has 1 N–H and O–H groups in total. The van der Waals surface area contributed by atoms with Crippen LogP contribution in [0, 0.1) is 5.92 Å². The van der Waals surface area contributed by atoms with Gasteiger partial charge in [0.25, 0.3) is 5.91 Å². The zero-order valence-corrected chi connectivity index (χ0v) is 26.3. The summed E-state index contributed by atoms with van der Waals surface area (Å²) >= 11 is 0. The van der Waals surface area contributed by atoms with E-state index in [-0.39, 0.29) is 11.7 Å². The van der Waals surface area contributed by atoms with E-state index in [1.165, 1.54) is 7.11 Å². The van der Waals surface area contributed by atoms with Gasteiger partial charge in [0.1, 0.15) is 24.1 Å². The van der Waals surface area contributed by atoms with Crippen LogP contribution in [0.5, 0.6) is 5.75 Å². The number of nitrogens with zero attached hydrogens (tertiary/aromatic N) is 2. The number of aromatic nitrogens is 1. The predicted molar refractivity (Wildman–Crippen MR) is 182 cm³/mol. The maximum Gasteiger partial charge on any atom is 0.328 e. The van der Waals surface area contributed by atoms with Crippen molar-refractivity contribution in [2.45, 2.75) is 25.3 Å². The number of methoxy groups -OCH3 is 1. The molecule has 1 saturated carbocycles. The molecule has 1 heterocycles. The minimum absolute atomic E-state index is 0.0880. The standard InChI is InChI=1S/C39H37N3O5/c1-46-39(45)36(41-34-14-8-6-12-32(34)37(43)30-10-3-2-4-11-30)25-27-17-20-31(21-18-27)47-24-23-42(26-28-15-16-28)38(44)35-22-19-29-9-5-7-13-33(29)40-35/h2-14,17-22,28,36,41H,15-16,23-26H2,1H3/t36-/m0/s1. The zero-order valence-electron chi connectivity index (χ0n) is 26.3. The number of hydrogen-bond acceptors (Lipinski definition) is 7. The molecule has 0 unspecified atom stereocenters. The van der Waals surface area contributed by atoms with Crippen molar-refractivity contribution in [1.82, 2.24) is 9.88 Å². The van der Waals surface area contributed by atoms with Gasteiger partial charge in [-0.15, -0.1) is 0 Å². The Morgan fingerprint density at radius 3 is 2.34 bits per heavy atom. The smallest absolute Gasteiger partial charge is 0.328 e. The summed E-state index contributed by atoms with van der Waals surface area (Å²) in [6, 6.07) is 34.5. The van der Waals surface area contributed by atoms with Gasteiger partial charge >= 0.3 is 5.97 Å². The van der Waals surface area contributed by atoms with Crippen LogP contribution in [-0.4, -0.2) is 60.4 Å². The summed E-state index contributed by atoms with van der Waals surface area (Å²) < 4.78 is 11.1. The molecular weight excluding hydrogens is 590 g/mol. The average Bonchev–Trinajstić information content (AvgIpc) is 3.95. The Kier molecular flexibility index (Phi) is 9.87. The molecule has 1 atom stereocenters. The van der Waals surface area contributed by atoms with Crippen molar-refractivity contribution in [1.29, 1.82) is 0 Å². The number of pyridine rings is 1. The molecule has 1 aromatic heterocycles. The average molecular weight is 628 g/mol. The second-order valence-corrected chi connectivity index (χ2v) is 11.7. The number of amides is 1. The first kappa shape index (κ1) is 31.5. The lowest BCUT2D eigenvalue weighted by atomic mass is 10.00. The highest BCUT2D eigenvalue weighted by molar-refractivity contribution is 6.12. The quantitative estimate of drug-likeness (QED) is 0.110. The van der Waals surface area contributed by atoms with Crippen molar-refractivity contribution in [2.24, 2.45) is 5.92 Å². The van der Waals surface area contributed by atoms with E-state index >= 15 is 0 Å². The van der Waals surface area contributed by atoms with E-state index in [1.807, 2.05) is 83.8 Å². The van der Waals surface area contributed by atoms with Gasteiger partial charge in [0, 0.05) is 35.2 Å². The monoisotopic (exact) mass is 627 g/mol. The van der Waals surface area contributed by atoms with Crippen molar-refractivity contribution < 1.29 is 23.9 Å². The topological polar surface area (TPSA) is 97.8 Å². The van der Waals surface area contributed by atoms with Crippen LogP contribution in [0.15, 0.2) is 115 Å². The molecule has 8 nitrogen and oxygen atoms in total. The highest BCUT2D eigenvalue weighted by Gasteiger charge is 2.28. The maximum absolute atomic E-state index is 13.4. The van der Waals surface area contributed by atoms with E-state index in [0.29, 0.717) is 60.3 Å². The molecule has 1 fully saturated rings. The fourth-order valence-electron chi connectivity index (χ4n) is 5.54. The van der Waals surface area contributed by atoms with Gasteiger partial charge in [0.15, 0.2) is 5.78 Å². The van der Waals surface area contributed by atoms with E-state index in [0.717, 1.165) is 29.3 Å². The molecule has 6 rings (SSSR count). The van der Waals surface area contributed by atoms with Crippen molar-refractivity contribution >= 4 is 34.3 Å². The van der Waals surface area contributed by atoms with Crippen LogP contribution in [0.3, 0.4) is 0 Å². The second-order valence-electron chi connectivity index (χ2n) is 11.7. The first-order chi connectivity index (χ1) is 23.0. The summed E-state index contributed by atoms with van der Waals surface area (Å²) in [4.78, 5) is 45.9. The van der Waals surface area contributed by atoms with Crippen LogP contribution in [0.25, 0.3) is 10.9 Å². The normalized spacial score (nSPS) is 13.0. The number of ketones is 1. The lowest BCUT2D eigenvalue weighted by Gasteiger charge is -2.23. The Bertz CT molecular complexity index is 1850. The predicted octanol–water partition coefficient (Wildman–Crippen LogP) is 6.59. The van der Waals surface area contributed by atoms with Crippen LogP contribution in [0.4, 0.5) is 5.69 Å². The Labute approximate surface area is 274 Å². The molecule has 8 heteroatoms. The van der Waals surface area contributed by atoms with Gasteiger partial charge in [-0.25, -0.2) is 9.78 Å². The molecule has 47 heavy (non-hydrogen) atoms. The van der Waals surface area contributed by atoms with Gasteiger partial charge in [0.05, 0.1) is 19.2 Å². The first-order valence-electron chi connectivity index (χ1n) is 15.9. The molecule has 0 bridgehead atoms. The summed E-state index contributed by atoms with van der Waals surface area (Å²) in [5.74, 6) is 0.532. The lowest BCUT2D eigenvalue weighted by molar-refractivity contribution is -0.141. The van der Waals surface area contributed by atoms with Gasteiger partial charge < -0.3 is 19.7 Å². The van der Waals surface area contributed by atoms with Crippen molar-refractivity contribution in [3.63, 3.8) is 0 Å². The number of benzene rings is 4. The van der Waals surface area contributed by atoms with E-state index in [2.05, 4.69) is 10.3 Å². The van der Waals surface area contributed by atoms with Crippen molar-refractivity contribution in [2.75, 3.05) is 32.1 Å². The largest absolute Gasteiger partial charge is 0.492 e. The third-order valence-electron chi connectivity index (χ3n) is 8.30. The number of fused-ring (bicyclic) bond motifs is 1. The fourth-order valence-corrected chi connectivity index (χ4v) is 5.54. The fraction of sp³-hybridized carbons (Fsp3) is 0.231. The molecule has 4 aromatic carbocycles. The number of rotatable bonds is 14. The second kappa shape index (κ2) is 14.7. The van der Waals surface area contributed by atoms with Gasteiger partial charge in [-0.2, -0.15) is 0 Å². The van der Waals surface area contributed by atoms with Gasteiger partial charge in [-0.3, -0.25) is 9.59 Å². The number of ether oxygens (including phenoxy) is 2. The molecule has 238 valence electrons. The first-order valence-corrected chi connectivity index (χ1v) is 15.9. The third-order valence-corrected chi connectivity index (χ3v) is 8.30. The van der Waals surface area contributed by atoms with Crippen LogP contribution < -0.4 is 10.1 Å². The molecule has 1 aliphatic carbocycles. The summed E-state index contributed by atoms with van der Waals surface area (Å²) in [5.41, 5.74) is 3.73. The number of carbonyl (C=O) groups excluding carboxylic acids is 3. The summed E-state index contributed by atoms with van der Waals surface area (Å²) in [7, 11) is 1.35. The van der Waals surface area contributed by atoms with E-state index in [4.69, 9.17) is 9.47 Å². The van der Waals surface area contributed by atoms with Gasteiger partial charge in [0.2, 0.25) is 0 Å². The molecule has 0 saturated heterocycles. The maximum atomic E-state index is 13.4. The highest BCUT2D eigenvalue weighted by atomic mass is 16.5. The third kappa shape index (κ3) is 8.02. The number of nitrogens with one attached hydrogen (secondary N) is 1. The van der Waals surface area contributed by atoms with Gasteiger partial charge in [-0.1, -0.05) is 78.9 Å². The van der Waals surface area contributed by atoms with Gasteiger partial charge in [-0.05, 0) is 60.7 Å². The number of para-hydroxylation sites is 2. The van der Waals surface area contributed by atoms with Crippen molar-refractivity contribution in [3.05, 3.63) is 138 Å². The summed E-state index contributed by atoms with van der Waals surface area (Å²) in [6.45, 7) is 1.47. The van der Waals surface area contributed by atoms with Crippen molar-refractivity contribution in [3.8, 4) is 5.75 Å². The highest BCUT2D eigenvalue weighted by Crippen LogP contribution is 2.30. The van der Waals surface area contributed by atoms with E-state index in [9.17, 15) is 14.4 Å². The zero-order chi connectivity index (χ0) is 32.6. The number of carbonyl (C=O) groups is 3. The number of hydrogen-bond donors (Lipinski definition) is 1. The minimum atomic E-state index is -0.720. The molecule has 0 aliphatic heterocycles. The number of anilines is 1. The molecule has 1 amide bonds. The van der Waals surface area contributed by atoms with E-state index in [1.54, 1.807) is 36.4 Å². The van der Waals surface area contributed by atoms with Crippen LogP contribution in [0.1, 0.15) is 44.8 Å². The SMILES string of the molecule is COC(=O)[C@H](Cc1ccc(OCCN(CC2CC2)C(=O)c2ccc3ccccc3n2)cc1)Nc1ccccc1C(=O)c1ccccc1. The Morgan fingerprint density at radius 1 is 0.851 bits per heavy atom. The molecule has 0 radical (unpaired) electrons. The molecule has 1 aliphatic rings. The van der Waals surface area contributed by atoms with E-state index < -0.39 is 12.0 Å². The molecule has 5 aromatic rings. The Hall–Kier alpha value is -5.50. The Balaban J connectivity index is 1.08. The number of esters is 1. The molecular formula is C39H37N3O5. The summed E-state index contributed by atoms with van der Waals surface area (Å²) in [5, 5.41) is 4.25. The van der Waals surface area contributed by atoms with Crippen LogP contribution >= 0.6 is 0 Å².